The number of para-hydroxylation sites is 1. The summed E-state index contributed by atoms with van der Waals surface area (Å²) in [6.45, 7) is 0.140. The van der Waals surface area contributed by atoms with Crippen molar-refractivity contribution >= 4 is 40.7 Å². The molecular formula is C22H19ClF2N4O2. The van der Waals surface area contributed by atoms with E-state index in [0.29, 0.717) is 16.4 Å². The highest BCUT2D eigenvalue weighted by molar-refractivity contribution is 6.30. The maximum atomic E-state index is 13.6. The summed E-state index contributed by atoms with van der Waals surface area (Å²) in [4.78, 5) is 26.2. The summed E-state index contributed by atoms with van der Waals surface area (Å²) in [6, 6.07) is 16.6. The minimum absolute atomic E-state index is 0.0378. The van der Waals surface area contributed by atoms with E-state index in [1.165, 1.54) is 47.4 Å². The lowest BCUT2D eigenvalue weighted by atomic mass is 10.2. The molecule has 0 aliphatic carbocycles. The van der Waals surface area contributed by atoms with Crippen LogP contribution in [0.1, 0.15) is 0 Å². The molecule has 0 saturated heterocycles. The van der Waals surface area contributed by atoms with Crippen molar-refractivity contribution in [2.45, 2.75) is 0 Å². The number of hydrogen-bond donors (Lipinski definition) is 3. The predicted octanol–water partition coefficient (Wildman–Crippen LogP) is 5.48. The Morgan fingerprint density at radius 1 is 0.871 bits per heavy atom. The van der Waals surface area contributed by atoms with Crippen LogP contribution in [-0.4, -0.2) is 25.2 Å². The third kappa shape index (κ3) is 6.42. The predicted molar refractivity (Wildman–Crippen MR) is 118 cm³/mol. The van der Waals surface area contributed by atoms with Gasteiger partial charge in [-0.05, 0) is 60.7 Å². The zero-order valence-electron chi connectivity index (χ0n) is 16.2. The lowest BCUT2D eigenvalue weighted by Gasteiger charge is -2.23. The molecule has 3 rings (SSSR count). The van der Waals surface area contributed by atoms with Gasteiger partial charge in [0.15, 0.2) is 0 Å². The van der Waals surface area contributed by atoms with E-state index in [-0.39, 0.29) is 18.8 Å². The van der Waals surface area contributed by atoms with Crippen molar-refractivity contribution in [2.75, 3.05) is 28.6 Å². The molecule has 0 atom stereocenters. The van der Waals surface area contributed by atoms with Crippen molar-refractivity contribution in [3.8, 4) is 0 Å². The number of hydrogen-bond acceptors (Lipinski definition) is 2. The second-order valence-electron chi connectivity index (χ2n) is 6.43. The molecule has 0 bridgehead atoms. The minimum Gasteiger partial charge on any atom is -0.336 e. The molecule has 6 nitrogen and oxygen atoms in total. The summed E-state index contributed by atoms with van der Waals surface area (Å²) in [5.41, 5.74) is 0.992. The summed E-state index contributed by atoms with van der Waals surface area (Å²) in [5.74, 6) is -1.00. The Morgan fingerprint density at radius 3 is 2.23 bits per heavy atom. The van der Waals surface area contributed by atoms with E-state index >= 15 is 0 Å². The maximum Gasteiger partial charge on any atom is 0.326 e. The van der Waals surface area contributed by atoms with Crippen LogP contribution >= 0.6 is 11.6 Å². The van der Waals surface area contributed by atoms with Gasteiger partial charge in [-0.3, -0.25) is 4.90 Å². The van der Waals surface area contributed by atoms with Gasteiger partial charge in [-0.15, -0.1) is 0 Å². The van der Waals surface area contributed by atoms with Crippen molar-refractivity contribution in [2.24, 2.45) is 0 Å². The average Bonchev–Trinajstić information content (AvgIpc) is 2.75. The number of carbonyl (C=O) groups excluding carboxylic acids is 2. The molecule has 0 unspecified atom stereocenters. The topological polar surface area (TPSA) is 73.5 Å². The van der Waals surface area contributed by atoms with Crippen LogP contribution in [0.4, 0.5) is 35.4 Å². The van der Waals surface area contributed by atoms with E-state index < -0.39 is 23.7 Å². The third-order valence-corrected chi connectivity index (χ3v) is 4.47. The van der Waals surface area contributed by atoms with E-state index in [0.717, 1.165) is 0 Å². The first-order valence-corrected chi connectivity index (χ1v) is 9.69. The molecule has 0 radical (unpaired) electrons. The molecule has 0 fully saturated rings. The highest BCUT2D eigenvalue weighted by Crippen LogP contribution is 2.18. The molecule has 9 heteroatoms. The van der Waals surface area contributed by atoms with Gasteiger partial charge >= 0.3 is 12.1 Å². The van der Waals surface area contributed by atoms with Crippen LogP contribution in [0.5, 0.6) is 0 Å². The van der Waals surface area contributed by atoms with Crippen LogP contribution in [0, 0.1) is 11.6 Å². The van der Waals surface area contributed by atoms with Gasteiger partial charge in [0.25, 0.3) is 0 Å². The van der Waals surface area contributed by atoms with E-state index in [4.69, 9.17) is 11.6 Å². The highest BCUT2D eigenvalue weighted by Gasteiger charge is 2.17. The van der Waals surface area contributed by atoms with Crippen molar-refractivity contribution < 1.29 is 18.4 Å². The highest BCUT2D eigenvalue weighted by atomic mass is 35.5. The Kier molecular flexibility index (Phi) is 7.40. The molecule has 0 aromatic heterocycles. The molecule has 4 amide bonds. The van der Waals surface area contributed by atoms with Gasteiger partial charge in [-0.25, -0.2) is 18.4 Å². The number of benzene rings is 3. The van der Waals surface area contributed by atoms with Crippen LogP contribution in [-0.2, 0) is 0 Å². The van der Waals surface area contributed by atoms with Crippen LogP contribution in [0.3, 0.4) is 0 Å². The lowest BCUT2D eigenvalue weighted by molar-refractivity contribution is 0.250. The summed E-state index contributed by atoms with van der Waals surface area (Å²) in [7, 11) is 0. The number of nitrogens with zero attached hydrogens (tertiary/aromatic N) is 1. The smallest absolute Gasteiger partial charge is 0.326 e. The quantitative estimate of drug-likeness (QED) is 0.471. The van der Waals surface area contributed by atoms with Gasteiger partial charge in [-0.1, -0.05) is 23.7 Å². The lowest BCUT2D eigenvalue weighted by Crippen LogP contribution is -2.42. The van der Waals surface area contributed by atoms with E-state index in [9.17, 15) is 18.4 Å². The van der Waals surface area contributed by atoms with Crippen LogP contribution in [0.2, 0.25) is 5.02 Å². The van der Waals surface area contributed by atoms with E-state index in [1.54, 1.807) is 30.3 Å². The summed E-state index contributed by atoms with van der Waals surface area (Å²) < 4.78 is 27.0. The summed E-state index contributed by atoms with van der Waals surface area (Å²) in [6.07, 6.45) is 0. The van der Waals surface area contributed by atoms with Gasteiger partial charge in [0.1, 0.15) is 11.6 Å². The second kappa shape index (κ2) is 10.4. The van der Waals surface area contributed by atoms with Gasteiger partial charge in [0.05, 0.1) is 5.69 Å². The van der Waals surface area contributed by atoms with Crippen molar-refractivity contribution in [1.82, 2.24) is 5.32 Å². The third-order valence-electron chi connectivity index (χ3n) is 4.22. The zero-order valence-corrected chi connectivity index (χ0v) is 17.0. The Hall–Kier alpha value is -3.65. The van der Waals surface area contributed by atoms with Gasteiger partial charge in [0.2, 0.25) is 0 Å². The number of rotatable bonds is 6. The molecule has 0 aliphatic heterocycles. The number of nitrogens with one attached hydrogen (secondary N) is 3. The fourth-order valence-electron chi connectivity index (χ4n) is 2.70. The summed E-state index contributed by atoms with van der Waals surface area (Å²) >= 11 is 5.86. The monoisotopic (exact) mass is 444 g/mol. The minimum atomic E-state index is -0.623. The molecule has 0 saturated carbocycles. The zero-order chi connectivity index (χ0) is 22.2. The van der Waals surface area contributed by atoms with Crippen molar-refractivity contribution in [3.05, 3.63) is 89.5 Å². The normalized spacial score (nSPS) is 10.3. The standard InChI is InChI=1S/C22H19ClF2N4O2/c23-15-5-9-17(10-6-15)27-22(31)29(18-11-7-16(24)8-12-18)14-13-26-21(30)28-20-4-2-1-3-19(20)25/h1-12H,13-14H2,(H,27,31)(H2,26,28,30). The molecule has 3 aromatic carbocycles. The molecular weight excluding hydrogens is 426 g/mol. The van der Waals surface area contributed by atoms with Crippen molar-refractivity contribution in [3.63, 3.8) is 0 Å². The number of halogens is 3. The fourth-order valence-corrected chi connectivity index (χ4v) is 2.83. The largest absolute Gasteiger partial charge is 0.336 e. The number of carbonyl (C=O) groups is 2. The van der Waals surface area contributed by atoms with Crippen LogP contribution in [0.15, 0.2) is 72.8 Å². The molecule has 3 aromatic rings. The van der Waals surface area contributed by atoms with E-state index in [1.807, 2.05) is 0 Å². The average molecular weight is 445 g/mol. The Balaban J connectivity index is 1.64. The molecule has 31 heavy (non-hydrogen) atoms. The molecule has 160 valence electrons. The number of urea groups is 2. The van der Waals surface area contributed by atoms with Gasteiger partial charge < -0.3 is 16.0 Å². The fraction of sp³-hybridized carbons (Fsp3) is 0.0909. The first-order valence-electron chi connectivity index (χ1n) is 9.31. The van der Waals surface area contributed by atoms with E-state index in [2.05, 4.69) is 16.0 Å². The molecule has 0 spiro atoms. The SMILES string of the molecule is O=C(NCCN(C(=O)Nc1ccc(Cl)cc1)c1ccc(F)cc1)Nc1ccccc1F. The number of anilines is 3. The number of amides is 4. The second-order valence-corrected chi connectivity index (χ2v) is 6.86. The first kappa shape index (κ1) is 22.0. The molecule has 3 N–H and O–H groups in total. The Labute approximate surface area is 182 Å². The van der Waals surface area contributed by atoms with Gasteiger partial charge in [-0.2, -0.15) is 0 Å². The molecule has 0 heterocycles. The first-order chi connectivity index (χ1) is 14.9. The summed E-state index contributed by atoms with van der Waals surface area (Å²) in [5, 5.41) is 8.22. The van der Waals surface area contributed by atoms with Crippen LogP contribution in [0.25, 0.3) is 0 Å². The van der Waals surface area contributed by atoms with Crippen LogP contribution < -0.4 is 20.9 Å². The maximum absolute atomic E-state index is 13.6. The molecule has 0 aliphatic rings. The Bertz CT molecular complexity index is 1050. The van der Waals surface area contributed by atoms with Gasteiger partial charge in [0, 0.05) is 29.5 Å². The Morgan fingerprint density at radius 2 is 1.55 bits per heavy atom. The van der Waals surface area contributed by atoms with Crippen molar-refractivity contribution in [1.29, 1.82) is 0 Å².